The molecule has 0 fully saturated rings. The third kappa shape index (κ3) is 3.38. The van der Waals surface area contributed by atoms with Crippen LogP contribution in [0.4, 0.5) is 0 Å². The highest BCUT2D eigenvalue weighted by atomic mass is 16.5. The van der Waals surface area contributed by atoms with Gasteiger partial charge in [-0.05, 0) is 13.1 Å². The van der Waals surface area contributed by atoms with Gasteiger partial charge in [-0.25, -0.2) is 0 Å². The highest BCUT2D eigenvalue weighted by Gasteiger charge is 2.22. The molecule has 0 bridgehead atoms. The van der Waals surface area contributed by atoms with Crippen LogP contribution < -0.4 is 0 Å². The SMILES string of the molecule is COCC(C(=O)O)N(C)Cc1ccoc1. The first-order valence-corrected chi connectivity index (χ1v) is 4.58. The van der Waals surface area contributed by atoms with Crippen LogP contribution in [0.5, 0.6) is 0 Å². The van der Waals surface area contributed by atoms with Gasteiger partial charge in [0.1, 0.15) is 6.04 Å². The van der Waals surface area contributed by atoms with Gasteiger partial charge in [0.25, 0.3) is 0 Å². The van der Waals surface area contributed by atoms with Crippen LogP contribution in [0.25, 0.3) is 0 Å². The smallest absolute Gasteiger partial charge is 0.323 e. The second kappa shape index (κ2) is 5.53. The van der Waals surface area contributed by atoms with E-state index >= 15 is 0 Å². The lowest BCUT2D eigenvalue weighted by molar-refractivity contribution is -0.144. The molecule has 5 nitrogen and oxygen atoms in total. The van der Waals surface area contributed by atoms with Crippen LogP contribution in [0.2, 0.25) is 0 Å². The molecule has 0 aromatic carbocycles. The Hall–Kier alpha value is -1.33. The quantitative estimate of drug-likeness (QED) is 0.757. The highest BCUT2D eigenvalue weighted by Crippen LogP contribution is 2.07. The van der Waals surface area contributed by atoms with Gasteiger partial charge in [0.15, 0.2) is 0 Å². The molecule has 1 aromatic rings. The Bertz CT molecular complexity index is 296. The predicted molar refractivity (Wildman–Crippen MR) is 53.5 cm³/mol. The number of aliphatic carboxylic acids is 1. The van der Waals surface area contributed by atoms with E-state index in [0.717, 1.165) is 5.56 Å². The average molecular weight is 213 g/mol. The fourth-order valence-corrected chi connectivity index (χ4v) is 1.33. The van der Waals surface area contributed by atoms with Crippen LogP contribution in [0.1, 0.15) is 5.56 Å². The van der Waals surface area contributed by atoms with Crippen LogP contribution in [-0.2, 0) is 16.1 Å². The first-order chi connectivity index (χ1) is 7.15. The van der Waals surface area contributed by atoms with Gasteiger partial charge in [-0.15, -0.1) is 0 Å². The van der Waals surface area contributed by atoms with Crippen molar-refractivity contribution in [3.05, 3.63) is 24.2 Å². The third-order valence-corrected chi connectivity index (χ3v) is 2.15. The summed E-state index contributed by atoms with van der Waals surface area (Å²) >= 11 is 0. The monoisotopic (exact) mass is 213 g/mol. The maximum atomic E-state index is 10.9. The Balaban J connectivity index is 2.56. The van der Waals surface area contributed by atoms with Crippen molar-refractivity contribution in [2.45, 2.75) is 12.6 Å². The van der Waals surface area contributed by atoms with Crippen molar-refractivity contribution in [3.8, 4) is 0 Å². The second-order valence-corrected chi connectivity index (χ2v) is 3.36. The van der Waals surface area contributed by atoms with Crippen molar-refractivity contribution in [1.29, 1.82) is 0 Å². The van der Waals surface area contributed by atoms with Gasteiger partial charge in [0.05, 0.1) is 19.1 Å². The molecule has 0 aliphatic rings. The largest absolute Gasteiger partial charge is 0.480 e. The van der Waals surface area contributed by atoms with E-state index in [9.17, 15) is 4.79 Å². The molecule has 0 radical (unpaired) electrons. The molecule has 0 aliphatic heterocycles. The Morgan fingerprint density at radius 1 is 1.73 bits per heavy atom. The maximum Gasteiger partial charge on any atom is 0.323 e. The van der Waals surface area contributed by atoms with Gasteiger partial charge >= 0.3 is 5.97 Å². The first kappa shape index (κ1) is 11.7. The standard InChI is InChI=1S/C10H15NO4/c1-11(5-8-3-4-15-6-8)9(7-14-2)10(12)13/h3-4,6,9H,5,7H2,1-2H3,(H,12,13). The number of likely N-dealkylation sites (N-methyl/N-ethyl adjacent to an activating group) is 1. The van der Waals surface area contributed by atoms with Crippen LogP contribution in [0, 0.1) is 0 Å². The van der Waals surface area contributed by atoms with Crippen LogP contribution >= 0.6 is 0 Å². The van der Waals surface area contributed by atoms with Crippen LogP contribution in [0.3, 0.4) is 0 Å². The van der Waals surface area contributed by atoms with E-state index in [1.54, 1.807) is 24.5 Å². The average Bonchev–Trinajstić information content (AvgIpc) is 2.65. The zero-order valence-corrected chi connectivity index (χ0v) is 8.84. The zero-order chi connectivity index (χ0) is 11.3. The van der Waals surface area contributed by atoms with E-state index in [2.05, 4.69) is 0 Å². The van der Waals surface area contributed by atoms with E-state index in [1.807, 2.05) is 6.07 Å². The predicted octanol–water partition coefficient (Wildman–Crippen LogP) is 0.811. The number of hydrogen-bond donors (Lipinski definition) is 1. The second-order valence-electron chi connectivity index (χ2n) is 3.36. The normalized spacial score (nSPS) is 13.0. The van der Waals surface area contributed by atoms with Gasteiger partial charge in [0.2, 0.25) is 0 Å². The molecule has 0 saturated heterocycles. The molecule has 1 rings (SSSR count). The molecule has 0 aliphatic carbocycles. The van der Waals surface area contributed by atoms with Crippen molar-refractivity contribution in [1.82, 2.24) is 4.90 Å². The lowest BCUT2D eigenvalue weighted by Crippen LogP contribution is -2.41. The molecule has 0 spiro atoms. The maximum absolute atomic E-state index is 10.9. The molecule has 5 heteroatoms. The number of ether oxygens (including phenoxy) is 1. The van der Waals surface area contributed by atoms with Crippen molar-refractivity contribution >= 4 is 5.97 Å². The van der Waals surface area contributed by atoms with Crippen molar-refractivity contribution < 1.29 is 19.1 Å². The summed E-state index contributed by atoms with van der Waals surface area (Å²) in [4.78, 5) is 12.6. The molecular weight excluding hydrogens is 198 g/mol. The molecular formula is C10H15NO4. The molecule has 15 heavy (non-hydrogen) atoms. The van der Waals surface area contributed by atoms with E-state index in [0.29, 0.717) is 6.54 Å². The zero-order valence-electron chi connectivity index (χ0n) is 8.84. The fraction of sp³-hybridized carbons (Fsp3) is 0.500. The van der Waals surface area contributed by atoms with Gasteiger partial charge in [-0.1, -0.05) is 0 Å². The lowest BCUT2D eigenvalue weighted by Gasteiger charge is -2.23. The van der Waals surface area contributed by atoms with Crippen molar-refractivity contribution in [2.24, 2.45) is 0 Å². The Morgan fingerprint density at radius 3 is 2.93 bits per heavy atom. The van der Waals surface area contributed by atoms with Crippen LogP contribution in [0.15, 0.2) is 23.0 Å². The number of hydrogen-bond acceptors (Lipinski definition) is 4. The van der Waals surface area contributed by atoms with Crippen molar-refractivity contribution in [3.63, 3.8) is 0 Å². The summed E-state index contributed by atoms with van der Waals surface area (Å²) in [7, 11) is 3.23. The fourth-order valence-electron chi connectivity index (χ4n) is 1.33. The van der Waals surface area contributed by atoms with Gasteiger partial charge in [0, 0.05) is 19.2 Å². The summed E-state index contributed by atoms with van der Waals surface area (Å²) in [6, 6.07) is 1.17. The topological polar surface area (TPSA) is 62.9 Å². The van der Waals surface area contributed by atoms with Gasteiger partial charge in [-0.2, -0.15) is 0 Å². The highest BCUT2D eigenvalue weighted by molar-refractivity contribution is 5.73. The minimum atomic E-state index is -0.886. The number of furan rings is 1. The summed E-state index contributed by atoms with van der Waals surface area (Å²) in [5.74, 6) is -0.886. The molecule has 1 N–H and O–H groups in total. The third-order valence-electron chi connectivity index (χ3n) is 2.15. The molecule has 1 heterocycles. The lowest BCUT2D eigenvalue weighted by atomic mass is 10.2. The van der Waals surface area contributed by atoms with Gasteiger partial charge < -0.3 is 14.3 Å². The Kier molecular flexibility index (Phi) is 4.33. The first-order valence-electron chi connectivity index (χ1n) is 4.58. The van der Waals surface area contributed by atoms with Crippen LogP contribution in [-0.4, -0.2) is 42.8 Å². The summed E-state index contributed by atoms with van der Waals surface area (Å²) in [6.07, 6.45) is 3.16. The summed E-state index contributed by atoms with van der Waals surface area (Å²) in [6.45, 7) is 0.695. The summed E-state index contributed by atoms with van der Waals surface area (Å²) in [5.41, 5.74) is 0.944. The van der Waals surface area contributed by atoms with E-state index in [4.69, 9.17) is 14.3 Å². The Labute approximate surface area is 88.2 Å². The molecule has 0 saturated carbocycles. The number of carbonyl (C=O) groups is 1. The van der Waals surface area contributed by atoms with Crippen molar-refractivity contribution in [2.75, 3.05) is 20.8 Å². The number of carboxylic acids is 1. The molecule has 0 amide bonds. The number of rotatable bonds is 6. The minimum Gasteiger partial charge on any atom is -0.480 e. The molecule has 1 aromatic heterocycles. The van der Waals surface area contributed by atoms with Gasteiger partial charge in [-0.3, -0.25) is 9.69 Å². The number of carboxylic acid groups (broad SMARTS) is 1. The summed E-state index contributed by atoms with van der Waals surface area (Å²) in [5, 5.41) is 8.96. The Morgan fingerprint density at radius 2 is 2.47 bits per heavy atom. The molecule has 1 atom stereocenters. The minimum absolute atomic E-state index is 0.170. The molecule has 1 unspecified atom stereocenters. The molecule has 84 valence electrons. The van der Waals surface area contributed by atoms with E-state index in [-0.39, 0.29) is 6.61 Å². The van der Waals surface area contributed by atoms with E-state index in [1.165, 1.54) is 7.11 Å². The number of nitrogens with zero attached hydrogens (tertiary/aromatic N) is 1. The summed E-state index contributed by atoms with van der Waals surface area (Å²) < 4.78 is 9.77. The van der Waals surface area contributed by atoms with E-state index < -0.39 is 12.0 Å². The number of methoxy groups -OCH3 is 1.